The summed E-state index contributed by atoms with van der Waals surface area (Å²) in [6, 6.07) is 7.99. The summed E-state index contributed by atoms with van der Waals surface area (Å²) >= 11 is 0. The lowest BCUT2D eigenvalue weighted by Gasteiger charge is -2.35. The highest BCUT2D eigenvalue weighted by Gasteiger charge is 2.25. The van der Waals surface area contributed by atoms with Crippen LogP contribution in [0.15, 0.2) is 36.9 Å². The molecule has 0 spiro atoms. The molecule has 1 aromatic heterocycles. The van der Waals surface area contributed by atoms with Crippen LogP contribution in [0.25, 0.3) is 0 Å². The normalized spacial score (nSPS) is 20.8. The van der Waals surface area contributed by atoms with Gasteiger partial charge in [-0.3, -0.25) is 0 Å². The van der Waals surface area contributed by atoms with Crippen LogP contribution < -0.4 is 5.32 Å². The highest BCUT2D eigenvalue weighted by molar-refractivity contribution is 5.74. The van der Waals surface area contributed by atoms with E-state index >= 15 is 0 Å². The monoisotopic (exact) mass is 329 g/mol. The minimum Gasteiger partial charge on any atom is -0.372 e. The molecule has 1 N–H and O–H groups in total. The van der Waals surface area contributed by atoms with E-state index in [1.165, 1.54) is 6.33 Å². The molecule has 1 aliphatic heterocycles. The van der Waals surface area contributed by atoms with Crippen LogP contribution in [0.3, 0.4) is 0 Å². The first kappa shape index (κ1) is 16.4. The van der Waals surface area contributed by atoms with Crippen LogP contribution in [0.1, 0.15) is 25.0 Å². The van der Waals surface area contributed by atoms with E-state index in [-0.39, 0.29) is 18.2 Å². The van der Waals surface area contributed by atoms with Gasteiger partial charge in [-0.05, 0) is 25.0 Å². The van der Waals surface area contributed by atoms with Crippen molar-refractivity contribution in [2.24, 2.45) is 0 Å². The highest BCUT2D eigenvalue weighted by atomic mass is 16.5. The van der Waals surface area contributed by atoms with Crippen molar-refractivity contribution in [3.8, 4) is 0 Å². The minimum absolute atomic E-state index is 0.0486. The number of hydrogen-bond acceptors (Lipinski definition) is 4. The highest BCUT2D eigenvalue weighted by Crippen LogP contribution is 2.12. The van der Waals surface area contributed by atoms with E-state index < -0.39 is 0 Å². The smallest absolute Gasteiger partial charge is 0.317 e. The molecule has 0 aliphatic carbocycles. The van der Waals surface area contributed by atoms with Crippen molar-refractivity contribution in [3.63, 3.8) is 0 Å². The van der Waals surface area contributed by atoms with Gasteiger partial charge < -0.3 is 15.0 Å². The van der Waals surface area contributed by atoms with E-state index in [2.05, 4.69) is 15.4 Å². The van der Waals surface area contributed by atoms with Gasteiger partial charge in [-0.1, -0.05) is 24.3 Å². The number of ether oxygens (including phenoxy) is 1. The van der Waals surface area contributed by atoms with Crippen LogP contribution in [0.2, 0.25) is 0 Å². The molecule has 2 amide bonds. The summed E-state index contributed by atoms with van der Waals surface area (Å²) < 4.78 is 7.44. The van der Waals surface area contributed by atoms with Gasteiger partial charge in [-0.2, -0.15) is 5.10 Å². The number of morpholine rings is 1. The first-order valence-corrected chi connectivity index (χ1v) is 8.19. The molecule has 2 heterocycles. The number of carbonyl (C=O) groups is 1. The zero-order chi connectivity index (χ0) is 16.9. The van der Waals surface area contributed by atoms with E-state index in [1.54, 1.807) is 11.0 Å². The van der Waals surface area contributed by atoms with Crippen LogP contribution in [0.5, 0.6) is 0 Å². The first-order chi connectivity index (χ1) is 11.6. The van der Waals surface area contributed by atoms with Crippen molar-refractivity contribution < 1.29 is 9.53 Å². The molecule has 7 heteroatoms. The second kappa shape index (κ2) is 7.44. The predicted octanol–water partition coefficient (Wildman–Crippen LogP) is 1.65. The SMILES string of the molecule is CC1CN(C(=O)NCc2ccccc2Cn2cncn2)CC(C)O1. The molecule has 2 aromatic rings. The number of carbonyl (C=O) groups excluding carboxylic acids is 1. The van der Waals surface area contributed by atoms with Crippen molar-refractivity contribution in [3.05, 3.63) is 48.0 Å². The van der Waals surface area contributed by atoms with E-state index in [9.17, 15) is 4.79 Å². The summed E-state index contributed by atoms with van der Waals surface area (Å²) in [4.78, 5) is 18.2. The number of aromatic nitrogens is 3. The molecular formula is C17H23N5O2. The summed E-state index contributed by atoms with van der Waals surface area (Å²) in [6.07, 6.45) is 3.34. The fraction of sp³-hybridized carbons (Fsp3) is 0.471. The van der Waals surface area contributed by atoms with Gasteiger partial charge in [0.2, 0.25) is 0 Å². The Morgan fingerprint density at radius 1 is 1.25 bits per heavy atom. The zero-order valence-electron chi connectivity index (χ0n) is 14.1. The number of amides is 2. The summed E-state index contributed by atoms with van der Waals surface area (Å²) in [6.45, 7) is 6.35. The quantitative estimate of drug-likeness (QED) is 0.926. The Morgan fingerprint density at radius 2 is 1.96 bits per heavy atom. The Balaban J connectivity index is 1.61. The maximum atomic E-state index is 12.4. The largest absolute Gasteiger partial charge is 0.372 e. The van der Waals surface area contributed by atoms with E-state index in [0.717, 1.165) is 11.1 Å². The van der Waals surface area contributed by atoms with E-state index in [0.29, 0.717) is 26.2 Å². The average Bonchev–Trinajstić information content (AvgIpc) is 3.06. The lowest BCUT2D eigenvalue weighted by Crippen LogP contribution is -2.51. The van der Waals surface area contributed by atoms with Gasteiger partial charge >= 0.3 is 6.03 Å². The Kier molecular flexibility index (Phi) is 5.10. The molecule has 1 fully saturated rings. The molecule has 3 rings (SSSR count). The molecule has 7 nitrogen and oxygen atoms in total. The molecule has 1 aromatic carbocycles. The molecular weight excluding hydrogens is 306 g/mol. The van der Waals surface area contributed by atoms with Crippen LogP contribution in [0, 0.1) is 0 Å². The van der Waals surface area contributed by atoms with Gasteiger partial charge in [0.15, 0.2) is 0 Å². The number of hydrogen-bond donors (Lipinski definition) is 1. The predicted molar refractivity (Wildman–Crippen MR) is 89.4 cm³/mol. The van der Waals surface area contributed by atoms with Crippen LogP contribution >= 0.6 is 0 Å². The molecule has 2 unspecified atom stereocenters. The van der Waals surface area contributed by atoms with E-state index in [4.69, 9.17) is 4.74 Å². The standard InChI is InChI=1S/C17H23N5O2/c1-13-8-21(9-14(2)24-13)17(23)19-7-15-5-3-4-6-16(15)10-22-12-18-11-20-22/h3-6,11-14H,7-10H2,1-2H3,(H,19,23). The summed E-state index contributed by atoms with van der Waals surface area (Å²) in [5, 5.41) is 7.15. The molecule has 2 atom stereocenters. The first-order valence-electron chi connectivity index (χ1n) is 8.19. The van der Waals surface area contributed by atoms with Crippen molar-refractivity contribution in [2.75, 3.05) is 13.1 Å². The number of urea groups is 1. The van der Waals surface area contributed by atoms with Gasteiger partial charge in [0.1, 0.15) is 12.7 Å². The Hall–Kier alpha value is -2.41. The molecule has 24 heavy (non-hydrogen) atoms. The molecule has 1 aliphatic rings. The zero-order valence-corrected chi connectivity index (χ0v) is 14.1. The van der Waals surface area contributed by atoms with Crippen LogP contribution in [0.4, 0.5) is 4.79 Å². The Bertz CT molecular complexity index is 663. The van der Waals surface area contributed by atoms with Crippen molar-refractivity contribution in [1.82, 2.24) is 25.0 Å². The van der Waals surface area contributed by atoms with Crippen molar-refractivity contribution in [2.45, 2.75) is 39.1 Å². The van der Waals surface area contributed by atoms with Crippen LogP contribution in [-0.4, -0.2) is 51.0 Å². The molecule has 0 bridgehead atoms. The molecule has 128 valence electrons. The number of benzene rings is 1. The second-order valence-corrected chi connectivity index (χ2v) is 6.18. The van der Waals surface area contributed by atoms with E-state index in [1.807, 2.05) is 43.0 Å². The number of nitrogens with one attached hydrogen (secondary N) is 1. The number of rotatable bonds is 4. The average molecular weight is 329 g/mol. The van der Waals surface area contributed by atoms with Gasteiger partial charge in [0.05, 0.1) is 18.8 Å². The van der Waals surface area contributed by atoms with Crippen molar-refractivity contribution >= 4 is 6.03 Å². The Morgan fingerprint density at radius 3 is 2.62 bits per heavy atom. The lowest BCUT2D eigenvalue weighted by molar-refractivity contribution is -0.0545. The second-order valence-electron chi connectivity index (χ2n) is 6.18. The maximum Gasteiger partial charge on any atom is 0.317 e. The van der Waals surface area contributed by atoms with Gasteiger partial charge in [-0.15, -0.1) is 0 Å². The Labute approximate surface area is 141 Å². The fourth-order valence-corrected chi connectivity index (χ4v) is 3.00. The molecule has 0 radical (unpaired) electrons. The summed E-state index contributed by atoms with van der Waals surface area (Å²) in [5.74, 6) is 0. The van der Waals surface area contributed by atoms with Crippen LogP contribution in [-0.2, 0) is 17.8 Å². The van der Waals surface area contributed by atoms with Crippen molar-refractivity contribution in [1.29, 1.82) is 0 Å². The third-order valence-electron chi connectivity index (χ3n) is 4.05. The molecule has 0 saturated carbocycles. The number of nitrogens with zero attached hydrogens (tertiary/aromatic N) is 4. The third-order valence-corrected chi connectivity index (χ3v) is 4.05. The lowest BCUT2D eigenvalue weighted by atomic mass is 10.1. The minimum atomic E-state index is -0.0486. The summed E-state index contributed by atoms with van der Waals surface area (Å²) in [5.41, 5.74) is 2.20. The third kappa shape index (κ3) is 4.11. The molecule has 1 saturated heterocycles. The van der Waals surface area contributed by atoms with Gasteiger partial charge in [0.25, 0.3) is 0 Å². The summed E-state index contributed by atoms with van der Waals surface area (Å²) in [7, 11) is 0. The topological polar surface area (TPSA) is 72.3 Å². The van der Waals surface area contributed by atoms with Gasteiger partial charge in [0, 0.05) is 19.6 Å². The fourth-order valence-electron chi connectivity index (χ4n) is 3.00. The maximum absolute atomic E-state index is 12.4. The van der Waals surface area contributed by atoms with Gasteiger partial charge in [-0.25, -0.2) is 14.5 Å².